The predicted octanol–water partition coefficient (Wildman–Crippen LogP) is 5.16. The van der Waals surface area contributed by atoms with Crippen LogP contribution in [0.15, 0.2) is 53.3 Å². The lowest BCUT2D eigenvalue weighted by molar-refractivity contribution is 0.0709. The number of nitrogens with zero attached hydrogens (tertiary/aromatic N) is 2. The lowest BCUT2D eigenvalue weighted by atomic mass is 10.1. The Kier molecular flexibility index (Phi) is 7.94. The third kappa shape index (κ3) is 5.14. The summed E-state index contributed by atoms with van der Waals surface area (Å²) in [5, 5.41) is 3.93. The molecule has 1 aromatic heterocycles. The molecule has 3 aromatic rings. The van der Waals surface area contributed by atoms with Gasteiger partial charge in [0, 0.05) is 17.3 Å². The highest BCUT2D eigenvalue weighted by Gasteiger charge is 2.26. The normalized spacial score (nSPS) is 10.9. The number of aromatic nitrogens is 2. The summed E-state index contributed by atoms with van der Waals surface area (Å²) in [4.78, 5) is 41.0. The molecule has 0 atom stereocenters. The van der Waals surface area contributed by atoms with Gasteiger partial charge in [0.05, 0.1) is 22.8 Å². The van der Waals surface area contributed by atoms with Crippen LogP contribution in [0.1, 0.15) is 53.1 Å². The van der Waals surface area contributed by atoms with Gasteiger partial charge in [-0.15, -0.1) is 0 Å². The number of carbonyl (C=O) groups is 2. The van der Waals surface area contributed by atoms with E-state index in [0.29, 0.717) is 46.4 Å². The van der Waals surface area contributed by atoms with Crippen LogP contribution in [0.25, 0.3) is 5.69 Å². The Hall–Kier alpha value is -2.83. The molecule has 2 aromatic carbocycles. The van der Waals surface area contributed by atoms with Crippen molar-refractivity contribution in [3.8, 4) is 5.69 Å². The lowest BCUT2D eigenvalue weighted by Crippen LogP contribution is -2.38. The van der Waals surface area contributed by atoms with Gasteiger partial charge in [0.2, 0.25) is 0 Å². The maximum absolute atomic E-state index is 13.3. The van der Waals surface area contributed by atoms with Crippen LogP contribution in [-0.4, -0.2) is 39.5 Å². The van der Waals surface area contributed by atoms with Crippen molar-refractivity contribution in [2.45, 2.75) is 33.1 Å². The minimum Gasteiger partial charge on any atom is -0.331 e. The number of carbonyl (C=O) groups excluding carboxylic acids is 2. The van der Waals surface area contributed by atoms with Gasteiger partial charge < -0.3 is 4.90 Å². The Morgan fingerprint density at radius 1 is 1.00 bits per heavy atom. The second-order valence-electron chi connectivity index (χ2n) is 7.46. The third-order valence-electron chi connectivity index (χ3n) is 5.05. The van der Waals surface area contributed by atoms with Gasteiger partial charge in [0.15, 0.2) is 5.78 Å². The van der Waals surface area contributed by atoms with E-state index in [2.05, 4.69) is 5.10 Å². The molecule has 6 nitrogen and oxygen atoms in total. The molecule has 0 aliphatic rings. The van der Waals surface area contributed by atoms with E-state index < -0.39 is 11.3 Å². The number of aryl methyl sites for hydroxylation is 1. The third-order valence-corrected chi connectivity index (χ3v) is 5.63. The molecule has 3 rings (SSSR count). The summed E-state index contributed by atoms with van der Waals surface area (Å²) in [6.45, 7) is 4.05. The molecule has 0 aliphatic heterocycles. The van der Waals surface area contributed by atoms with Crippen molar-refractivity contribution in [1.82, 2.24) is 14.7 Å². The van der Waals surface area contributed by atoms with E-state index in [4.69, 9.17) is 23.2 Å². The molecule has 168 valence electrons. The maximum Gasteiger partial charge on any atom is 0.282 e. The second-order valence-corrected chi connectivity index (χ2v) is 8.31. The summed E-state index contributed by atoms with van der Waals surface area (Å²) in [5.41, 5.74) is 1.10. The summed E-state index contributed by atoms with van der Waals surface area (Å²) in [6.07, 6.45) is 1.94. The first-order valence-electron chi connectivity index (χ1n) is 10.5. The molecule has 0 spiro atoms. The monoisotopic (exact) mass is 473 g/mol. The van der Waals surface area contributed by atoms with E-state index in [0.717, 1.165) is 6.42 Å². The zero-order chi connectivity index (χ0) is 23.3. The molecule has 32 heavy (non-hydrogen) atoms. The molecular weight excluding hydrogens is 449 g/mol. The van der Waals surface area contributed by atoms with Gasteiger partial charge in [-0.2, -0.15) is 0 Å². The number of halogens is 2. The van der Waals surface area contributed by atoms with Gasteiger partial charge >= 0.3 is 0 Å². The van der Waals surface area contributed by atoms with Gasteiger partial charge in [-0.1, -0.05) is 55.6 Å². The Balaban J connectivity index is 1.96. The SMILES string of the molecule is CCCc1[nH]n(-c2ccc(Cl)cc2)c(=O)c1C(=O)CN(CCC)C(=O)c1ccccc1Cl. The number of Topliss-reactive ketones (excluding diaryl/α,β-unsaturated/α-hetero) is 1. The molecule has 0 unspecified atom stereocenters. The first-order chi connectivity index (χ1) is 15.4. The highest BCUT2D eigenvalue weighted by molar-refractivity contribution is 6.33. The topological polar surface area (TPSA) is 75.2 Å². The minimum atomic E-state index is -0.442. The average molecular weight is 474 g/mol. The standard InChI is InChI=1S/C24H25Cl2N3O3/c1-3-7-20-22(24(32)29(27-20)17-12-10-16(25)11-13-17)21(30)15-28(14-4-2)23(31)18-8-5-6-9-19(18)26/h5-6,8-13,27H,3-4,7,14-15H2,1-2H3. The highest BCUT2D eigenvalue weighted by atomic mass is 35.5. The highest BCUT2D eigenvalue weighted by Crippen LogP contribution is 2.19. The number of hydrogen-bond donors (Lipinski definition) is 1. The fourth-order valence-electron chi connectivity index (χ4n) is 3.55. The van der Waals surface area contributed by atoms with Crippen LogP contribution >= 0.6 is 23.2 Å². The first-order valence-corrected chi connectivity index (χ1v) is 11.3. The zero-order valence-corrected chi connectivity index (χ0v) is 19.5. The first kappa shape index (κ1) is 23.8. The molecule has 1 heterocycles. The number of hydrogen-bond acceptors (Lipinski definition) is 3. The van der Waals surface area contributed by atoms with Crippen molar-refractivity contribution >= 4 is 34.9 Å². The number of rotatable bonds is 9. The molecule has 0 saturated carbocycles. The van der Waals surface area contributed by atoms with Crippen LogP contribution in [0.5, 0.6) is 0 Å². The van der Waals surface area contributed by atoms with Crippen LogP contribution in [0.2, 0.25) is 10.0 Å². The predicted molar refractivity (Wildman–Crippen MR) is 127 cm³/mol. The van der Waals surface area contributed by atoms with Crippen molar-refractivity contribution < 1.29 is 9.59 Å². The Morgan fingerprint density at radius 2 is 1.69 bits per heavy atom. The molecule has 0 aliphatic carbocycles. The van der Waals surface area contributed by atoms with Gasteiger partial charge in [0.1, 0.15) is 5.56 Å². The summed E-state index contributed by atoms with van der Waals surface area (Å²) in [6, 6.07) is 13.5. The summed E-state index contributed by atoms with van der Waals surface area (Å²) >= 11 is 12.1. The largest absolute Gasteiger partial charge is 0.331 e. The Morgan fingerprint density at radius 3 is 2.31 bits per heavy atom. The number of H-pyrrole nitrogens is 1. The van der Waals surface area contributed by atoms with Gasteiger partial charge in [-0.25, -0.2) is 4.68 Å². The van der Waals surface area contributed by atoms with Crippen LogP contribution in [0, 0.1) is 0 Å². The lowest BCUT2D eigenvalue weighted by Gasteiger charge is -2.21. The van der Waals surface area contributed by atoms with Crippen LogP contribution in [-0.2, 0) is 6.42 Å². The van der Waals surface area contributed by atoms with E-state index in [1.165, 1.54) is 9.58 Å². The van der Waals surface area contributed by atoms with Crippen molar-refractivity contribution in [1.29, 1.82) is 0 Å². The summed E-state index contributed by atoms with van der Waals surface area (Å²) in [7, 11) is 0. The minimum absolute atomic E-state index is 0.0786. The Labute approximate surface area is 196 Å². The second kappa shape index (κ2) is 10.7. The van der Waals surface area contributed by atoms with Gasteiger partial charge in [-0.3, -0.25) is 19.5 Å². The van der Waals surface area contributed by atoms with E-state index in [9.17, 15) is 14.4 Å². The zero-order valence-electron chi connectivity index (χ0n) is 18.0. The van der Waals surface area contributed by atoms with E-state index in [-0.39, 0.29) is 18.0 Å². The molecule has 0 radical (unpaired) electrons. The fourth-order valence-corrected chi connectivity index (χ4v) is 3.90. The van der Waals surface area contributed by atoms with E-state index >= 15 is 0 Å². The number of ketones is 1. The molecule has 1 N–H and O–H groups in total. The number of nitrogens with one attached hydrogen (secondary N) is 1. The smallest absolute Gasteiger partial charge is 0.282 e. The maximum atomic E-state index is 13.3. The van der Waals surface area contributed by atoms with Crippen molar-refractivity contribution in [2.75, 3.05) is 13.1 Å². The molecule has 0 fully saturated rings. The molecular formula is C24H25Cl2N3O3. The number of aromatic amines is 1. The summed E-state index contributed by atoms with van der Waals surface area (Å²) < 4.78 is 1.34. The van der Waals surface area contributed by atoms with Crippen LogP contribution in [0.3, 0.4) is 0 Å². The van der Waals surface area contributed by atoms with Crippen LogP contribution < -0.4 is 5.56 Å². The van der Waals surface area contributed by atoms with E-state index in [1.807, 2.05) is 13.8 Å². The summed E-state index contributed by atoms with van der Waals surface area (Å²) in [5.74, 6) is -0.743. The molecule has 1 amide bonds. The molecule has 8 heteroatoms. The van der Waals surface area contributed by atoms with Crippen molar-refractivity contribution in [2.24, 2.45) is 0 Å². The number of benzene rings is 2. The van der Waals surface area contributed by atoms with E-state index in [1.54, 1.807) is 48.5 Å². The average Bonchev–Trinajstić information content (AvgIpc) is 3.10. The van der Waals surface area contributed by atoms with Crippen molar-refractivity contribution in [3.05, 3.63) is 85.8 Å². The molecule has 0 bridgehead atoms. The number of amides is 1. The van der Waals surface area contributed by atoms with Gasteiger partial charge in [-0.05, 0) is 49.2 Å². The molecule has 0 saturated heterocycles. The van der Waals surface area contributed by atoms with Crippen LogP contribution in [0.4, 0.5) is 0 Å². The quantitative estimate of drug-likeness (QED) is 0.436. The fraction of sp³-hybridized carbons (Fsp3) is 0.292. The van der Waals surface area contributed by atoms with Crippen molar-refractivity contribution in [3.63, 3.8) is 0 Å². The Bertz CT molecular complexity index is 1170. The van der Waals surface area contributed by atoms with Gasteiger partial charge in [0.25, 0.3) is 11.5 Å².